The van der Waals surface area contributed by atoms with Gasteiger partial charge in [0, 0.05) is 25.6 Å². The lowest BCUT2D eigenvalue weighted by molar-refractivity contribution is -0.123. The summed E-state index contributed by atoms with van der Waals surface area (Å²) in [6.45, 7) is 1.86. The van der Waals surface area contributed by atoms with E-state index < -0.39 is 0 Å². The fourth-order valence-corrected chi connectivity index (χ4v) is 4.11. The maximum atomic E-state index is 12.3. The Morgan fingerprint density at radius 1 is 1.17 bits per heavy atom. The lowest BCUT2D eigenvalue weighted by Crippen LogP contribution is -2.45. The molecule has 1 aromatic heterocycles. The highest BCUT2D eigenvalue weighted by molar-refractivity contribution is 7.98. The zero-order valence-corrected chi connectivity index (χ0v) is 15.4. The summed E-state index contributed by atoms with van der Waals surface area (Å²) in [6.07, 6.45) is 11.1. The number of thioether (sulfide) groups is 1. The molecule has 2 heterocycles. The van der Waals surface area contributed by atoms with E-state index in [-0.39, 0.29) is 5.91 Å². The quantitative estimate of drug-likeness (QED) is 0.828. The van der Waals surface area contributed by atoms with Crippen LogP contribution in [0.25, 0.3) is 0 Å². The van der Waals surface area contributed by atoms with Crippen LogP contribution < -0.4 is 10.2 Å². The number of anilines is 1. The fraction of sp³-hybridized carbons (Fsp3) is 0.722. The first-order valence-corrected chi connectivity index (χ1v) is 10.4. The smallest absolute Gasteiger partial charge is 0.220 e. The van der Waals surface area contributed by atoms with Crippen LogP contribution in [0, 0.1) is 5.92 Å². The van der Waals surface area contributed by atoms with Gasteiger partial charge in [-0.05, 0) is 50.0 Å². The lowest BCUT2D eigenvalue weighted by Gasteiger charge is -2.33. The van der Waals surface area contributed by atoms with Crippen molar-refractivity contribution in [2.24, 2.45) is 5.92 Å². The van der Waals surface area contributed by atoms with Crippen molar-refractivity contribution < 1.29 is 4.79 Å². The van der Waals surface area contributed by atoms with E-state index in [1.165, 1.54) is 32.1 Å². The average molecular weight is 349 g/mol. The molecule has 24 heavy (non-hydrogen) atoms. The number of carbonyl (C=O) groups is 1. The SMILES string of the molecule is CSc1ccc(N2CCC(NC(=O)CC3CCCCC3)CC2)nn1. The first kappa shape index (κ1) is 17.5. The summed E-state index contributed by atoms with van der Waals surface area (Å²) in [4.78, 5) is 14.5. The molecule has 1 saturated carbocycles. The molecule has 1 amide bonds. The Bertz CT molecular complexity index is 522. The molecule has 0 radical (unpaired) electrons. The Morgan fingerprint density at radius 3 is 2.54 bits per heavy atom. The molecule has 1 aromatic rings. The number of aromatic nitrogens is 2. The minimum absolute atomic E-state index is 0.254. The molecule has 3 rings (SSSR count). The van der Waals surface area contributed by atoms with Crippen molar-refractivity contribution in [3.63, 3.8) is 0 Å². The summed E-state index contributed by atoms with van der Waals surface area (Å²) in [5.74, 6) is 1.81. The predicted octanol–water partition coefficient (Wildman–Crippen LogP) is 3.25. The van der Waals surface area contributed by atoms with Gasteiger partial charge in [0.05, 0.1) is 0 Å². The summed E-state index contributed by atoms with van der Waals surface area (Å²) in [6, 6.07) is 4.38. The average Bonchev–Trinajstić information content (AvgIpc) is 2.63. The summed E-state index contributed by atoms with van der Waals surface area (Å²) in [5, 5.41) is 12.7. The maximum Gasteiger partial charge on any atom is 0.220 e. The minimum atomic E-state index is 0.254. The van der Waals surface area contributed by atoms with E-state index in [0.717, 1.165) is 43.2 Å². The molecule has 0 bridgehead atoms. The molecule has 5 nitrogen and oxygen atoms in total. The molecule has 2 fully saturated rings. The summed E-state index contributed by atoms with van der Waals surface area (Å²) >= 11 is 1.61. The minimum Gasteiger partial charge on any atom is -0.355 e. The number of piperidine rings is 1. The highest BCUT2D eigenvalue weighted by Gasteiger charge is 2.23. The van der Waals surface area contributed by atoms with Crippen LogP contribution in [0.2, 0.25) is 0 Å². The second kappa shape index (κ2) is 8.70. The van der Waals surface area contributed by atoms with Gasteiger partial charge in [-0.25, -0.2) is 0 Å². The van der Waals surface area contributed by atoms with Crippen molar-refractivity contribution >= 4 is 23.5 Å². The van der Waals surface area contributed by atoms with Crippen molar-refractivity contribution in [2.75, 3.05) is 24.2 Å². The Labute approximate surface area is 149 Å². The number of rotatable bonds is 5. The van der Waals surface area contributed by atoms with Gasteiger partial charge in [0.15, 0.2) is 5.82 Å². The van der Waals surface area contributed by atoms with Crippen LogP contribution >= 0.6 is 11.8 Å². The molecule has 132 valence electrons. The number of hydrogen-bond donors (Lipinski definition) is 1. The number of carbonyl (C=O) groups excluding carboxylic acids is 1. The first-order chi connectivity index (χ1) is 11.7. The largest absolute Gasteiger partial charge is 0.355 e. The van der Waals surface area contributed by atoms with Crippen molar-refractivity contribution in [1.29, 1.82) is 0 Å². The molecule has 0 aromatic carbocycles. The molecule has 2 aliphatic rings. The third-order valence-electron chi connectivity index (χ3n) is 5.22. The molecule has 1 aliphatic heterocycles. The monoisotopic (exact) mass is 348 g/mol. The molecule has 1 saturated heterocycles. The van der Waals surface area contributed by atoms with Gasteiger partial charge >= 0.3 is 0 Å². The molecule has 0 spiro atoms. The van der Waals surface area contributed by atoms with Gasteiger partial charge in [0.1, 0.15) is 5.03 Å². The molecule has 1 N–H and O–H groups in total. The predicted molar refractivity (Wildman–Crippen MR) is 98.4 cm³/mol. The van der Waals surface area contributed by atoms with E-state index in [1.807, 2.05) is 18.4 Å². The fourth-order valence-electron chi connectivity index (χ4n) is 3.78. The topological polar surface area (TPSA) is 58.1 Å². The van der Waals surface area contributed by atoms with Crippen LogP contribution in [0.15, 0.2) is 17.2 Å². The van der Waals surface area contributed by atoms with Crippen molar-refractivity contribution in [1.82, 2.24) is 15.5 Å². The summed E-state index contributed by atoms with van der Waals surface area (Å²) < 4.78 is 0. The standard InChI is InChI=1S/C18H28N4OS/c1-24-18-8-7-16(20-21-18)22-11-9-15(10-12-22)19-17(23)13-14-5-3-2-4-6-14/h7-8,14-15H,2-6,9-13H2,1H3,(H,19,23). The highest BCUT2D eigenvalue weighted by Crippen LogP contribution is 2.26. The second-order valence-electron chi connectivity index (χ2n) is 6.97. The van der Waals surface area contributed by atoms with E-state index in [4.69, 9.17) is 0 Å². The molecular formula is C18H28N4OS. The molecule has 0 unspecified atom stereocenters. The van der Waals surface area contributed by atoms with Gasteiger partial charge in [0.2, 0.25) is 5.91 Å². The van der Waals surface area contributed by atoms with Gasteiger partial charge in [-0.15, -0.1) is 22.0 Å². The summed E-state index contributed by atoms with van der Waals surface area (Å²) in [7, 11) is 0. The van der Waals surface area contributed by atoms with Crippen molar-refractivity contribution in [3.8, 4) is 0 Å². The molecule has 0 atom stereocenters. The zero-order chi connectivity index (χ0) is 16.8. The van der Waals surface area contributed by atoms with Crippen LogP contribution in [-0.4, -0.2) is 41.5 Å². The van der Waals surface area contributed by atoms with Crippen LogP contribution in [0.3, 0.4) is 0 Å². The Morgan fingerprint density at radius 2 is 1.92 bits per heavy atom. The molecule has 6 heteroatoms. The number of hydrogen-bond acceptors (Lipinski definition) is 5. The Balaban J connectivity index is 1.41. The zero-order valence-electron chi connectivity index (χ0n) is 14.5. The molecule has 1 aliphatic carbocycles. The maximum absolute atomic E-state index is 12.3. The number of nitrogens with one attached hydrogen (secondary N) is 1. The Hall–Kier alpha value is -1.30. The van der Waals surface area contributed by atoms with E-state index in [9.17, 15) is 4.79 Å². The lowest BCUT2D eigenvalue weighted by atomic mass is 9.86. The molecular weight excluding hydrogens is 320 g/mol. The Kier molecular flexibility index (Phi) is 6.35. The normalized spacial score (nSPS) is 20.1. The highest BCUT2D eigenvalue weighted by atomic mass is 32.2. The summed E-state index contributed by atoms with van der Waals surface area (Å²) in [5.41, 5.74) is 0. The van der Waals surface area contributed by atoms with Crippen LogP contribution in [0.5, 0.6) is 0 Å². The first-order valence-electron chi connectivity index (χ1n) is 9.16. The van der Waals surface area contributed by atoms with E-state index in [2.05, 4.69) is 20.4 Å². The van der Waals surface area contributed by atoms with Gasteiger partial charge < -0.3 is 10.2 Å². The van der Waals surface area contributed by atoms with E-state index >= 15 is 0 Å². The van der Waals surface area contributed by atoms with Gasteiger partial charge in [-0.3, -0.25) is 4.79 Å². The van der Waals surface area contributed by atoms with Crippen LogP contribution in [0.4, 0.5) is 5.82 Å². The number of amides is 1. The van der Waals surface area contributed by atoms with E-state index in [0.29, 0.717) is 12.0 Å². The second-order valence-corrected chi connectivity index (χ2v) is 7.80. The van der Waals surface area contributed by atoms with E-state index in [1.54, 1.807) is 11.8 Å². The third-order valence-corrected chi connectivity index (χ3v) is 5.85. The van der Waals surface area contributed by atoms with Crippen LogP contribution in [0.1, 0.15) is 51.4 Å². The third kappa shape index (κ3) is 4.85. The van der Waals surface area contributed by atoms with Gasteiger partial charge in [-0.1, -0.05) is 19.3 Å². The van der Waals surface area contributed by atoms with Crippen LogP contribution in [-0.2, 0) is 4.79 Å². The number of nitrogens with zero attached hydrogens (tertiary/aromatic N) is 3. The van der Waals surface area contributed by atoms with Gasteiger partial charge in [0.25, 0.3) is 0 Å². The van der Waals surface area contributed by atoms with Crippen molar-refractivity contribution in [3.05, 3.63) is 12.1 Å². The van der Waals surface area contributed by atoms with Crippen molar-refractivity contribution in [2.45, 2.75) is 62.4 Å². The van der Waals surface area contributed by atoms with Gasteiger partial charge in [-0.2, -0.15) is 0 Å².